The molecule has 5 heteroatoms. The van der Waals surface area contributed by atoms with Crippen LogP contribution in [0.3, 0.4) is 0 Å². The van der Waals surface area contributed by atoms with E-state index in [2.05, 4.69) is 22.4 Å². The number of hydrogen-bond acceptors (Lipinski definition) is 4. The quantitative estimate of drug-likeness (QED) is 0.558. The van der Waals surface area contributed by atoms with Crippen LogP contribution in [-0.4, -0.2) is 30.6 Å². The van der Waals surface area contributed by atoms with E-state index >= 15 is 0 Å². The summed E-state index contributed by atoms with van der Waals surface area (Å²) in [6.45, 7) is 1.92. The van der Waals surface area contributed by atoms with Crippen LogP contribution in [0.15, 0.2) is 71.3 Å². The number of nitrogens with one attached hydrogen (secondary N) is 1. The Morgan fingerprint density at radius 2 is 1.74 bits per heavy atom. The zero-order chi connectivity index (χ0) is 18.7. The third kappa shape index (κ3) is 6.38. The van der Waals surface area contributed by atoms with Gasteiger partial charge < -0.3 is 14.5 Å². The molecule has 0 spiro atoms. The molecule has 0 aliphatic heterocycles. The molecule has 0 radical (unpaired) electrons. The Hall–Kier alpha value is -2.92. The monoisotopic (exact) mass is 364 g/mol. The standard InChI is InChI=1S/C22H24N2O3/c25-21(16-20-17-27-22(24-20)19-10-5-2-6-11-19)23-13-7-14-26-15-12-18-8-3-1-4-9-18/h1-6,8-11,17H,7,12-16H2,(H,23,25). The van der Waals surface area contributed by atoms with Crippen LogP contribution in [0.4, 0.5) is 0 Å². The third-order valence-corrected chi connectivity index (χ3v) is 4.08. The summed E-state index contributed by atoms with van der Waals surface area (Å²) < 4.78 is 11.1. The Kier molecular flexibility index (Phi) is 7.18. The zero-order valence-corrected chi connectivity index (χ0v) is 15.3. The molecule has 0 aliphatic carbocycles. The number of nitrogens with zero attached hydrogens (tertiary/aromatic N) is 1. The minimum atomic E-state index is -0.0628. The Morgan fingerprint density at radius 1 is 1.00 bits per heavy atom. The second-order valence-electron chi connectivity index (χ2n) is 6.24. The first-order chi connectivity index (χ1) is 13.3. The molecule has 5 nitrogen and oxygen atoms in total. The minimum Gasteiger partial charge on any atom is -0.444 e. The van der Waals surface area contributed by atoms with Crippen LogP contribution in [0.1, 0.15) is 17.7 Å². The van der Waals surface area contributed by atoms with Crippen LogP contribution in [0, 0.1) is 0 Å². The summed E-state index contributed by atoms with van der Waals surface area (Å²) in [6, 6.07) is 19.9. The van der Waals surface area contributed by atoms with Crippen molar-refractivity contribution in [2.75, 3.05) is 19.8 Å². The maximum Gasteiger partial charge on any atom is 0.226 e. The van der Waals surface area contributed by atoms with Crippen molar-refractivity contribution >= 4 is 5.91 Å². The summed E-state index contributed by atoms with van der Waals surface area (Å²) in [5.41, 5.74) is 2.80. The van der Waals surface area contributed by atoms with E-state index < -0.39 is 0 Å². The van der Waals surface area contributed by atoms with E-state index in [-0.39, 0.29) is 12.3 Å². The van der Waals surface area contributed by atoms with Crippen LogP contribution in [-0.2, 0) is 22.4 Å². The first-order valence-electron chi connectivity index (χ1n) is 9.19. The molecule has 1 amide bonds. The number of aromatic nitrogens is 1. The van der Waals surface area contributed by atoms with E-state index in [1.165, 1.54) is 11.8 Å². The molecule has 1 heterocycles. The average Bonchev–Trinajstić information content (AvgIpc) is 3.17. The fourth-order valence-electron chi connectivity index (χ4n) is 2.67. The molecule has 27 heavy (non-hydrogen) atoms. The summed E-state index contributed by atoms with van der Waals surface area (Å²) in [4.78, 5) is 16.4. The van der Waals surface area contributed by atoms with Crippen LogP contribution < -0.4 is 5.32 Å². The minimum absolute atomic E-state index is 0.0628. The predicted octanol–water partition coefficient (Wildman–Crippen LogP) is 3.65. The topological polar surface area (TPSA) is 64.4 Å². The van der Waals surface area contributed by atoms with Crippen LogP contribution in [0.2, 0.25) is 0 Å². The van der Waals surface area contributed by atoms with Crippen molar-refractivity contribution in [1.29, 1.82) is 0 Å². The van der Waals surface area contributed by atoms with Crippen molar-refractivity contribution in [3.8, 4) is 11.5 Å². The van der Waals surface area contributed by atoms with Gasteiger partial charge in [0.15, 0.2) is 0 Å². The van der Waals surface area contributed by atoms with Crippen LogP contribution in [0.5, 0.6) is 0 Å². The Morgan fingerprint density at radius 3 is 2.52 bits per heavy atom. The van der Waals surface area contributed by atoms with Gasteiger partial charge in [-0.25, -0.2) is 4.98 Å². The molecule has 1 aromatic heterocycles. The molecule has 3 aromatic rings. The highest BCUT2D eigenvalue weighted by Crippen LogP contribution is 2.17. The van der Waals surface area contributed by atoms with Gasteiger partial charge in [-0.2, -0.15) is 0 Å². The van der Waals surface area contributed by atoms with Crippen molar-refractivity contribution in [3.05, 3.63) is 78.2 Å². The van der Waals surface area contributed by atoms with Crippen LogP contribution >= 0.6 is 0 Å². The maximum atomic E-state index is 12.0. The van der Waals surface area contributed by atoms with Gasteiger partial charge in [0.05, 0.1) is 18.7 Å². The molecular weight excluding hydrogens is 340 g/mol. The molecule has 0 saturated heterocycles. The van der Waals surface area contributed by atoms with Crippen molar-refractivity contribution in [2.24, 2.45) is 0 Å². The SMILES string of the molecule is O=C(Cc1coc(-c2ccccc2)n1)NCCCOCCc1ccccc1. The van der Waals surface area contributed by atoms with Gasteiger partial charge >= 0.3 is 0 Å². The molecule has 0 atom stereocenters. The van der Waals surface area contributed by atoms with E-state index in [4.69, 9.17) is 9.15 Å². The first-order valence-corrected chi connectivity index (χ1v) is 9.19. The number of oxazole rings is 1. The van der Waals surface area contributed by atoms with Crippen molar-refractivity contribution < 1.29 is 13.9 Å². The normalized spacial score (nSPS) is 10.7. The summed E-state index contributed by atoms with van der Waals surface area (Å²) in [5.74, 6) is 0.470. The molecule has 3 rings (SSSR count). The van der Waals surface area contributed by atoms with Gasteiger partial charge in [-0.3, -0.25) is 4.79 Å². The second-order valence-corrected chi connectivity index (χ2v) is 6.24. The molecule has 140 valence electrons. The number of rotatable bonds is 10. The lowest BCUT2D eigenvalue weighted by Crippen LogP contribution is -2.27. The zero-order valence-electron chi connectivity index (χ0n) is 15.3. The summed E-state index contributed by atoms with van der Waals surface area (Å²) in [5, 5.41) is 2.89. The van der Waals surface area contributed by atoms with Gasteiger partial charge in [-0.1, -0.05) is 48.5 Å². The molecule has 0 saturated carbocycles. The van der Waals surface area contributed by atoms with E-state index in [1.54, 1.807) is 0 Å². The van der Waals surface area contributed by atoms with Gasteiger partial charge in [-0.05, 0) is 30.5 Å². The summed E-state index contributed by atoms with van der Waals surface area (Å²) >= 11 is 0. The fraction of sp³-hybridized carbons (Fsp3) is 0.273. The molecular formula is C22H24N2O3. The molecule has 2 aromatic carbocycles. The molecule has 0 aliphatic rings. The number of carbonyl (C=O) groups excluding carboxylic acids is 1. The molecule has 0 unspecified atom stereocenters. The van der Waals surface area contributed by atoms with Gasteiger partial charge in [0.2, 0.25) is 11.8 Å². The lowest BCUT2D eigenvalue weighted by Gasteiger charge is -2.06. The maximum absolute atomic E-state index is 12.0. The fourth-order valence-corrected chi connectivity index (χ4v) is 2.67. The second kappa shape index (κ2) is 10.3. The van der Waals surface area contributed by atoms with Crippen molar-refractivity contribution in [1.82, 2.24) is 10.3 Å². The van der Waals surface area contributed by atoms with Crippen molar-refractivity contribution in [3.63, 3.8) is 0 Å². The first kappa shape index (κ1) is 18.9. The van der Waals surface area contributed by atoms with Gasteiger partial charge in [0.1, 0.15) is 6.26 Å². The van der Waals surface area contributed by atoms with E-state index in [1.807, 2.05) is 48.5 Å². The highest BCUT2D eigenvalue weighted by molar-refractivity contribution is 5.78. The van der Waals surface area contributed by atoms with Gasteiger partial charge in [0, 0.05) is 18.7 Å². The number of hydrogen-bond donors (Lipinski definition) is 1. The highest BCUT2D eigenvalue weighted by Gasteiger charge is 2.09. The highest BCUT2D eigenvalue weighted by atomic mass is 16.5. The number of amides is 1. The van der Waals surface area contributed by atoms with Crippen molar-refractivity contribution in [2.45, 2.75) is 19.3 Å². The largest absolute Gasteiger partial charge is 0.444 e. The molecule has 0 bridgehead atoms. The van der Waals surface area contributed by atoms with E-state index in [0.717, 1.165) is 18.4 Å². The predicted molar refractivity (Wildman–Crippen MR) is 104 cm³/mol. The smallest absolute Gasteiger partial charge is 0.226 e. The number of benzene rings is 2. The molecule has 0 fully saturated rings. The Balaban J connectivity index is 1.28. The van der Waals surface area contributed by atoms with E-state index in [0.29, 0.717) is 31.3 Å². The van der Waals surface area contributed by atoms with Gasteiger partial charge in [0.25, 0.3) is 0 Å². The molecule has 1 N–H and O–H groups in total. The van der Waals surface area contributed by atoms with E-state index in [9.17, 15) is 4.79 Å². The third-order valence-electron chi connectivity index (χ3n) is 4.08. The number of ether oxygens (including phenoxy) is 1. The van der Waals surface area contributed by atoms with Crippen LogP contribution in [0.25, 0.3) is 11.5 Å². The Labute approximate surface area is 159 Å². The lowest BCUT2D eigenvalue weighted by molar-refractivity contribution is -0.120. The lowest BCUT2D eigenvalue weighted by atomic mass is 10.2. The Bertz CT molecular complexity index is 816. The van der Waals surface area contributed by atoms with Gasteiger partial charge in [-0.15, -0.1) is 0 Å². The summed E-state index contributed by atoms with van der Waals surface area (Å²) in [6.07, 6.45) is 3.44. The average molecular weight is 364 g/mol. The number of carbonyl (C=O) groups is 1. The summed E-state index contributed by atoms with van der Waals surface area (Å²) in [7, 11) is 0.